The third kappa shape index (κ3) is 5.26. The lowest BCUT2D eigenvalue weighted by Crippen LogP contribution is -2.59. The number of nitrogens with one attached hydrogen (secondary N) is 1. The predicted molar refractivity (Wildman–Crippen MR) is 113 cm³/mol. The van der Waals surface area contributed by atoms with E-state index >= 15 is 0 Å². The molecule has 0 saturated carbocycles. The first kappa shape index (κ1) is 23.1. The van der Waals surface area contributed by atoms with E-state index in [1.807, 2.05) is 18.2 Å². The van der Waals surface area contributed by atoms with Crippen LogP contribution in [-0.2, 0) is 25.8 Å². The second-order valence-corrected chi connectivity index (χ2v) is 9.94. The molecule has 2 fully saturated rings. The summed E-state index contributed by atoms with van der Waals surface area (Å²) in [5.74, 6) is -0.214. The van der Waals surface area contributed by atoms with Gasteiger partial charge < -0.3 is 15.0 Å². The highest BCUT2D eigenvalue weighted by Crippen LogP contribution is 2.31. The summed E-state index contributed by atoms with van der Waals surface area (Å²) in [6.45, 7) is 2.94. The van der Waals surface area contributed by atoms with Crippen LogP contribution in [0.2, 0.25) is 0 Å². The van der Waals surface area contributed by atoms with E-state index in [0.29, 0.717) is 45.6 Å². The second kappa shape index (κ2) is 10.1. The standard InChI is InChI=1S/C20H30N2O4S.ClH/c1-27(24,25)20(10-12-21-13-11-20)19(23)22-14-7-18(8-15-22)26-16-9-17-5-3-2-4-6-17;/h2-6,18,21H,7-16H2,1H3;1H. The van der Waals surface area contributed by atoms with Gasteiger partial charge in [-0.2, -0.15) is 0 Å². The van der Waals surface area contributed by atoms with Gasteiger partial charge in [-0.3, -0.25) is 4.79 Å². The number of halogens is 1. The van der Waals surface area contributed by atoms with Gasteiger partial charge in [0.15, 0.2) is 14.6 Å². The van der Waals surface area contributed by atoms with Gasteiger partial charge >= 0.3 is 0 Å². The molecule has 1 aromatic carbocycles. The quantitative estimate of drug-likeness (QED) is 0.745. The van der Waals surface area contributed by atoms with Gasteiger partial charge in [0.2, 0.25) is 5.91 Å². The highest BCUT2D eigenvalue weighted by atomic mass is 35.5. The van der Waals surface area contributed by atoms with Gasteiger partial charge in [-0.15, -0.1) is 12.4 Å². The SMILES string of the molecule is CS(=O)(=O)C1(C(=O)N2CCC(OCCc3ccccc3)CC2)CCNCC1.Cl. The Kier molecular flexibility index (Phi) is 8.30. The molecule has 0 aliphatic carbocycles. The summed E-state index contributed by atoms with van der Waals surface area (Å²) in [5, 5.41) is 3.16. The number of carbonyl (C=O) groups excluding carboxylic acids is 1. The zero-order chi connectivity index (χ0) is 19.3. The van der Waals surface area contributed by atoms with Gasteiger partial charge in [0.05, 0.1) is 12.7 Å². The third-order valence-electron chi connectivity index (χ3n) is 5.83. The second-order valence-electron chi connectivity index (χ2n) is 7.61. The van der Waals surface area contributed by atoms with Crippen molar-refractivity contribution in [3.05, 3.63) is 35.9 Å². The van der Waals surface area contributed by atoms with Gasteiger partial charge in [0.1, 0.15) is 0 Å². The molecule has 1 amide bonds. The van der Waals surface area contributed by atoms with E-state index in [0.717, 1.165) is 19.3 Å². The largest absolute Gasteiger partial charge is 0.378 e. The monoisotopic (exact) mass is 430 g/mol. The summed E-state index contributed by atoms with van der Waals surface area (Å²) in [6, 6.07) is 10.2. The molecule has 158 valence electrons. The molecule has 2 aliphatic rings. The molecule has 0 aromatic heterocycles. The van der Waals surface area contributed by atoms with Crippen molar-refractivity contribution in [1.29, 1.82) is 0 Å². The average Bonchev–Trinajstić information content (AvgIpc) is 2.68. The molecule has 2 heterocycles. The topological polar surface area (TPSA) is 75.7 Å². The number of hydrogen-bond donors (Lipinski definition) is 1. The van der Waals surface area contributed by atoms with Crippen molar-refractivity contribution in [2.24, 2.45) is 0 Å². The van der Waals surface area contributed by atoms with Crippen LogP contribution in [0.3, 0.4) is 0 Å². The zero-order valence-electron chi connectivity index (χ0n) is 16.4. The molecule has 0 bridgehead atoms. The number of rotatable bonds is 6. The number of sulfone groups is 1. The van der Waals surface area contributed by atoms with Crippen molar-refractivity contribution in [2.45, 2.75) is 43.0 Å². The van der Waals surface area contributed by atoms with Crippen molar-refractivity contribution in [3.63, 3.8) is 0 Å². The average molecular weight is 431 g/mol. The summed E-state index contributed by atoms with van der Waals surface area (Å²) in [5.41, 5.74) is 1.26. The Morgan fingerprint density at radius 3 is 2.36 bits per heavy atom. The number of likely N-dealkylation sites (tertiary alicyclic amines) is 1. The maximum Gasteiger partial charge on any atom is 0.244 e. The summed E-state index contributed by atoms with van der Waals surface area (Å²) in [7, 11) is -3.46. The fourth-order valence-electron chi connectivity index (χ4n) is 4.08. The lowest BCUT2D eigenvalue weighted by molar-refractivity contribution is -0.137. The van der Waals surface area contributed by atoms with E-state index in [1.165, 1.54) is 11.8 Å². The molecule has 28 heavy (non-hydrogen) atoms. The van der Waals surface area contributed by atoms with E-state index in [-0.39, 0.29) is 24.4 Å². The lowest BCUT2D eigenvalue weighted by atomic mass is 9.94. The minimum Gasteiger partial charge on any atom is -0.378 e. The Morgan fingerprint density at radius 2 is 1.79 bits per heavy atom. The normalized spacial score (nSPS) is 20.4. The number of benzene rings is 1. The van der Waals surface area contributed by atoms with Crippen LogP contribution >= 0.6 is 12.4 Å². The minimum absolute atomic E-state index is 0. The van der Waals surface area contributed by atoms with Gasteiger partial charge in [-0.25, -0.2) is 8.42 Å². The summed E-state index contributed by atoms with van der Waals surface area (Å²) >= 11 is 0. The first-order valence-corrected chi connectivity index (χ1v) is 11.7. The molecule has 0 radical (unpaired) electrons. The van der Waals surface area contributed by atoms with E-state index < -0.39 is 14.6 Å². The Hall–Kier alpha value is -1.15. The predicted octanol–water partition coefficient (Wildman–Crippen LogP) is 1.83. The summed E-state index contributed by atoms with van der Waals surface area (Å²) in [6.07, 6.45) is 4.47. The highest BCUT2D eigenvalue weighted by molar-refractivity contribution is 7.92. The van der Waals surface area contributed by atoms with Crippen molar-refractivity contribution in [3.8, 4) is 0 Å². The van der Waals surface area contributed by atoms with E-state index in [2.05, 4.69) is 17.4 Å². The van der Waals surface area contributed by atoms with Gasteiger partial charge in [0.25, 0.3) is 0 Å². The number of nitrogens with zero attached hydrogens (tertiary/aromatic N) is 1. The molecule has 1 aromatic rings. The molecule has 8 heteroatoms. The molecule has 1 N–H and O–H groups in total. The lowest BCUT2D eigenvalue weighted by Gasteiger charge is -2.41. The minimum atomic E-state index is -3.46. The molecule has 2 saturated heterocycles. The molecule has 3 rings (SSSR count). The maximum absolute atomic E-state index is 13.1. The van der Waals surface area contributed by atoms with E-state index in [4.69, 9.17) is 4.74 Å². The van der Waals surface area contributed by atoms with Crippen LogP contribution in [0, 0.1) is 0 Å². The first-order chi connectivity index (χ1) is 12.9. The number of carbonyl (C=O) groups is 1. The molecule has 0 unspecified atom stereocenters. The van der Waals surface area contributed by atoms with Gasteiger partial charge in [-0.1, -0.05) is 30.3 Å². The highest BCUT2D eigenvalue weighted by Gasteiger charge is 2.50. The Morgan fingerprint density at radius 1 is 1.18 bits per heavy atom. The molecular weight excluding hydrogens is 400 g/mol. The molecule has 0 spiro atoms. The zero-order valence-corrected chi connectivity index (χ0v) is 18.1. The van der Waals surface area contributed by atoms with Gasteiger partial charge in [-0.05, 0) is 50.8 Å². The third-order valence-corrected chi connectivity index (χ3v) is 7.83. The Bertz CT molecular complexity index is 728. The number of ether oxygens (including phenoxy) is 1. The number of piperidine rings is 2. The Balaban J connectivity index is 0.00000280. The molecule has 6 nitrogen and oxygen atoms in total. The maximum atomic E-state index is 13.1. The number of hydrogen-bond acceptors (Lipinski definition) is 5. The molecular formula is C20H31ClN2O4S. The van der Waals surface area contributed by atoms with Crippen molar-refractivity contribution in [1.82, 2.24) is 10.2 Å². The van der Waals surface area contributed by atoms with Crippen LogP contribution < -0.4 is 5.32 Å². The fourth-order valence-corrected chi connectivity index (χ4v) is 5.47. The smallest absolute Gasteiger partial charge is 0.244 e. The van der Waals surface area contributed by atoms with Crippen LogP contribution in [0.5, 0.6) is 0 Å². The van der Waals surface area contributed by atoms with Crippen molar-refractivity contribution < 1.29 is 17.9 Å². The fraction of sp³-hybridized carbons (Fsp3) is 0.650. The Labute approximate surface area is 174 Å². The van der Waals surface area contributed by atoms with Crippen LogP contribution in [0.4, 0.5) is 0 Å². The first-order valence-electron chi connectivity index (χ1n) is 9.78. The van der Waals surface area contributed by atoms with E-state index in [9.17, 15) is 13.2 Å². The van der Waals surface area contributed by atoms with Crippen LogP contribution in [0.25, 0.3) is 0 Å². The van der Waals surface area contributed by atoms with Crippen LogP contribution in [0.1, 0.15) is 31.2 Å². The molecule has 0 atom stereocenters. The summed E-state index contributed by atoms with van der Waals surface area (Å²) in [4.78, 5) is 14.8. The number of amides is 1. The van der Waals surface area contributed by atoms with Crippen LogP contribution in [-0.4, -0.2) is 69.1 Å². The van der Waals surface area contributed by atoms with Crippen molar-refractivity contribution in [2.75, 3.05) is 39.0 Å². The summed E-state index contributed by atoms with van der Waals surface area (Å²) < 4.78 is 29.6. The van der Waals surface area contributed by atoms with Crippen LogP contribution in [0.15, 0.2) is 30.3 Å². The molecule has 2 aliphatic heterocycles. The van der Waals surface area contributed by atoms with E-state index in [1.54, 1.807) is 4.90 Å². The van der Waals surface area contributed by atoms with Gasteiger partial charge in [0, 0.05) is 19.3 Å². The van der Waals surface area contributed by atoms with Crippen molar-refractivity contribution >= 4 is 28.2 Å².